The maximum absolute atomic E-state index is 14.3. The van der Waals surface area contributed by atoms with Crippen LogP contribution in [-0.4, -0.2) is 95.7 Å². The van der Waals surface area contributed by atoms with Gasteiger partial charge in [-0.25, -0.2) is 4.39 Å². The highest BCUT2D eigenvalue weighted by Crippen LogP contribution is 2.45. The second kappa shape index (κ2) is 13.0. The van der Waals surface area contributed by atoms with Crippen molar-refractivity contribution in [3.63, 3.8) is 0 Å². The van der Waals surface area contributed by atoms with Gasteiger partial charge in [0.25, 0.3) is 11.8 Å². The van der Waals surface area contributed by atoms with E-state index in [1.54, 1.807) is 11.1 Å². The van der Waals surface area contributed by atoms with Crippen molar-refractivity contribution < 1.29 is 13.9 Å². The Labute approximate surface area is 245 Å². The molecule has 0 aliphatic carbocycles. The Morgan fingerprint density at radius 2 is 1.78 bits per heavy atom. The molecule has 4 rings (SSSR count). The van der Waals surface area contributed by atoms with Crippen molar-refractivity contribution in [3.05, 3.63) is 41.8 Å². The zero-order valence-corrected chi connectivity index (χ0v) is 26.2. The lowest BCUT2D eigenvalue weighted by atomic mass is 9.76. The molecule has 2 aromatic rings. The number of halogens is 1. The lowest BCUT2D eigenvalue weighted by molar-refractivity contribution is -0.0343. The van der Waals surface area contributed by atoms with Crippen molar-refractivity contribution in [1.82, 2.24) is 24.9 Å². The summed E-state index contributed by atoms with van der Waals surface area (Å²) in [5.74, 6) is 0.502. The summed E-state index contributed by atoms with van der Waals surface area (Å²) in [6, 6.07) is 6.53. The van der Waals surface area contributed by atoms with E-state index in [1.165, 1.54) is 31.0 Å². The van der Waals surface area contributed by atoms with E-state index in [4.69, 9.17) is 4.74 Å². The van der Waals surface area contributed by atoms with Gasteiger partial charge in [-0.2, -0.15) is 5.10 Å². The van der Waals surface area contributed by atoms with Crippen LogP contribution in [0.1, 0.15) is 71.2 Å². The zero-order chi connectivity index (χ0) is 29.9. The number of carbonyl (C=O) groups excluding carboxylic acids is 1. The summed E-state index contributed by atoms with van der Waals surface area (Å²) in [6.45, 7) is 17.7. The molecule has 2 fully saturated rings. The fourth-order valence-corrected chi connectivity index (χ4v) is 6.70. The highest BCUT2D eigenvalue weighted by atomic mass is 19.1. The predicted octanol–water partition coefficient (Wildman–Crippen LogP) is 5.55. The van der Waals surface area contributed by atoms with Gasteiger partial charge in [-0.05, 0) is 97.8 Å². The molecule has 0 saturated carbocycles. The SMILES string of the molecule is CC(C)C(CCCN(C)C)N1CC2(CCN(c3ccnnc3Oc3ccc(F)cc3C(=O)N(C(C)C)C(C)C)C2)C1. The molecule has 41 heavy (non-hydrogen) atoms. The normalized spacial score (nSPS) is 17.6. The highest BCUT2D eigenvalue weighted by Gasteiger charge is 2.50. The van der Waals surface area contributed by atoms with Crippen LogP contribution in [0.3, 0.4) is 0 Å². The van der Waals surface area contributed by atoms with E-state index in [2.05, 4.69) is 52.8 Å². The molecule has 1 amide bonds. The van der Waals surface area contributed by atoms with Gasteiger partial charge in [0, 0.05) is 49.7 Å². The van der Waals surface area contributed by atoms with E-state index in [1.807, 2.05) is 33.8 Å². The third kappa shape index (κ3) is 7.17. The molecular formula is C32H49FN6O2. The highest BCUT2D eigenvalue weighted by molar-refractivity contribution is 5.97. The van der Waals surface area contributed by atoms with Gasteiger partial charge in [0.15, 0.2) is 0 Å². The molecule has 8 nitrogen and oxygen atoms in total. The molecule has 0 N–H and O–H groups in total. The molecule has 1 atom stereocenters. The topological polar surface area (TPSA) is 65.0 Å². The standard InChI is InChI=1S/C32H49FN6O2/c1-22(2)27(10-9-16-36(7)8)38-20-32(21-38)14-17-37(19-32)28-13-15-34-35-30(28)41-29-12-11-25(33)18-26(29)31(40)39(23(3)4)24(5)6/h11-13,15,18,22-24,27H,9-10,14,16-17,19-21H2,1-8H3. The molecule has 3 heterocycles. The van der Waals surface area contributed by atoms with Gasteiger partial charge in [0.05, 0.1) is 11.8 Å². The molecule has 2 aliphatic rings. The first kappa shape index (κ1) is 31.2. The van der Waals surface area contributed by atoms with Crippen LogP contribution in [0.4, 0.5) is 10.1 Å². The molecule has 1 aromatic carbocycles. The van der Waals surface area contributed by atoms with Crippen LogP contribution in [0, 0.1) is 17.2 Å². The third-order valence-electron chi connectivity index (χ3n) is 8.59. The van der Waals surface area contributed by atoms with E-state index >= 15 is 0 Å². The number of aromatic nitrogens is 2. The molecule has 1 spiro atoms. The van der Waals surface area contributed by atoms with E-state index < -0.39 is 5.82 Å². The fourth-order valence-electron chi connectivity index (χ4n) is 6.70. The molecular weight excluding hydrogens is 519 g/mol. The monoisotopic (exact) mass is 568 g/mol. The Hall–Kier alpha value is -2.78. The molecule has 9 heteroatoms. The van der Waals surface area contributed by atoms with E-state index in [9.17, 15) is 9.18 Å². The second-order valence-electron chi connectivity index (χ2n) is 13.2. The van der Waals surface area contributed by atoms with Crippen molar-refractivity contribution in [3.8, 4) is 11.6 Å². The Morgan fingerprint density at radius 3 is 2.41 bits per heavy atom. The van der Waals surface area contributed by atoms with Crippen molar-refractivity contribution >= 4 is 11.6 Å². The van der Waals surface area contributed by atoms with Crippen molar-refractivity contribution in [2.75, 3.05) is 51.7 Å². The lowest BCUT2D eigenvalue weighted by Gasteiger charge is -2.53. The van der Waals surface area contributed by atoms with Crippen LogP contribution in [0.5, 0.6) is 11.6 Å². The molecule has 2 aliphatic heterocycles. The summed E-state index contributed by atoms with van der Waals surface area (Å²) in [5.41, 5.74) is 1.31. The van der Waals surface area contributed by atoms with E-state index in [0.717, 1.165) is 44.8 Å². The smallest absolute Gasteiger partial charge is 0.262 e. The number of ether oxygens (including phenoxy) is 1. The molecule has 0 bridgehead atoms. The number of anilines is 1. The summed E-state index contributed by atoms with van der Waals surface area (Å²) in [7, 11) is 4.28. The van der Waals surface area contributed by atoms with Crippen LogP contribution in [0.25, 0.3) is 0 Å². The quantitative estimate of drug-likeness (QED) is 0.333. The van der Waals surface area contributed by atoms with Crippen molar-refractivity contribution in [1.29, 1.82) is 0 Å². The number of rotatable bonds is 12. The Kier molecular flexibility index (Phi) is 9.90. The van der Waals surface area contributed by atoms with Gasteiger partial charge in [-0.15, -0.1) is 5.10 Å². The van der Waals surface area contributed by atoms with Crippen LogP contribution in [-0.2, 0) is 0 Å². The van der Waals surface area contributed by atoms with Gasteiger partial charge in [-0.1, -0.05) is 13.8 Å². The minimum absolute atomic E-state index is 0.0446. The summed E-state index contributed by atoms with van der Waals surface area (Å²) in [6.07, 6.45) is 5.24. The molecule has 2 saturated heterocycles. The predicted molar refractivity (Wildman–Crippen MR) is 162 cm³/mol. The average Bonchev–Trinajstić information content (AvgIpc) is 3.32. The number of amides is 1. The number of carbonyl (C=O) groups is 1. The van der Waals surface area contributed by atoms with Gasteiger partial charge >= 0.3 is 0 Å². The van der Waals surface area contributed by atoms with Gasteiger partial charge in [0.1, 0.15) is 17.3 Å². The first-order valence-electron chi connectivity index (χ1n) is 15.2. The summed E-state index contributed by atoms with van der Waals surface area (Å²) < 4.78 is 20.6. The Balaban J connectivity index is 1.48. The Bertz CT molecular complexity index is 1170. The summed E-state index contributed by atoms with van der Waals surface area (Å²) >= 11 is 0. The van der Waals surface area contributed by atoms with Crippen LogP contribution >= 0.6 is 0 Å². The molecule has 226 valence electrons. The molecule has 1 unspecified atom stereocenters. The maximum Gasteiger partial charge on any atom is 0.262 e. The largest absolute Gasteiger partial charge is 0.435 e. The Morgan fingerprint density at radius 1 is 1.07 bits per heavy atom. The number of hydrogen-bond donors (Lipinski definition) is 0. The number of benzene rings is 1. The fraction of sp³-hybridized carbons (Fsp3) is 0.656. The molecule has 0 radical (unpaired) electrons. The van der Waals surface area contributed by atoms with Gasteiger partial charge in [-0.3, -0.25) is 9.69 Å². The molecule has 1 aromatic heterocycles. The average molecular weight is 569 g/mol. The van der Waals surface area contributed by atoms with E-state index in [0.29, 0.717) is 17.8 Å². The van der Waals surface area contributed by atoms with Crippen LogP contribution in [0.15, 0.2) is 30.5 Å². The second-order valence-corrected chi connectivity index (χ2v) is 13.2. The van der Waals surface area contributed by atoms with Gasteiger partial charge < -0.3 is 19.4 Å². The minimum Gasteiger partial charge on any atom is -0.435 e. The minimum atomic E-state index is -0.482. The number of likely N-dealkylation sites (tertiary alicyclic amines) is 1. The van der Waals surface area contributed by atoms with Gasteiger partial charge in [0.2, 0.25) is 0 Å². The van der Waals surface area contributed by atoms with Crippen LogP contribution < -0.4 is 9.64 Å². The lowest BCUT2D eigenvalue weighted by Crippen LogP contribution is -2.62. The summed E-state index contributed by atoms with van der Waals surface area (Å²) in [5, 5.41) is 8.40. The zero-order valence-electron chi connectivity index (χ0n) is 26.2. The number of nitrogens with zero attached hydrogens (tertiary/aromatic N) is 6. The number of hydrogen-bond acceptors (Lipinski definition) is 7. The van der Waals surface area contributed by atoms with Crippen molar-refractivity contribution in [2.24, 2.45) is 11.3 Å². The third-order valence-corrected chi connectivity index (χ3v) is 8.59. The first-order valence-corrected chi connectivity index (χ1v) is 15.2. The first-order chi connectivity index (χ1) is 19.4. The van der Waals surface area contributed by atoms with Crippen molar-refractivity contribution in [2.45, 2.75) is 78.9 Å². The van der Waals surface area contributed by atoms with Crippen LogP contribution in [0.2, 0.25) is 0 Å². The maximum atomic E-state index is 14.3. The summed E-state index contributed by atoms with van der Waals surface area (Å²) in [4.78, 5) is 22.5. The van der Waals surface area contributed by atoms with E-state index in [-0.39, 0.29) is 34.7 Å².